The molecule has 0 aliphatic heterocycles. The maximum atomic E-state index is 2.43. The van der Waals surface area contributed by atoms with Gasteiger partial charge < -0.3 is 0 Å². The van der Waals surface area contributed by atoms with Gasteiger partial charge in [0.2, 0.25) is 0 Å². The van der Waals surface area contributed by atoms with Crippen LogP contribution >= 0.6 is 0 Å². The van der Waals surface area contributed by atoms with Crippen LogP contribution in [0.1, 0.15) is 44.7 Å². The largest absolute Gasteiger partial charge is 0.0620 e. The molecule has 0 nitrogen and oxygen atoms in total. The van der Waals surface area contributed by atoms with E-state index in [0.717, 1.165) is 5.92 Å². The Labute approximate surface area is 87.3 Å². The van der Waals surface area contributed by atoms with Crippen molar-refractivity contribution < 1.29 is 0 Å². The van der Waals surface area contributed by atoms with Crippen LogP contribution in [0, 0.1) is 5.92 Å². The minimum absolute atomic E-state index is 0.412. The molecule has 0 aromatic heterocycles. The molecular weight excluding hydrogens is 168 g/mol. The summed E-state index contributed by atoms with van der Waals surface area (Å²) in [7, 11) is 0. The van der Waals surface area contributed by atoms with Gasteiger partial charge in [-0.15, -0.1) is 0 Å². The third kappa shape index (κ3) is 1.37. The normalized spacial score (nSPS) is 26.3. The van der Waals surface area contributed by atoms with Crippen molar-refractivity contribution in [2.75, 3.05) is 0 Å². The van der Waals surface area contributed by atoms with Gasteiger partial charge in [-0.1, -0.05) is 45.0 Å². The monoisotopic (exact) mass is 188 g/mol. The van der Waals surface area contributed by atoms with Crippen LogP contribution in [-0.4, -0.2) is 0 Å². The molecule has 1 aromatic carbocycles. The summed E-state index contributed by atoms with van der Waals surface area (Å²) in [5.41, 5.74) is 3.59. The first-order valence-corrected chi connectivity index (χ1v) is 5.73. The fraction of sp³-hybridized carbons (Fsp3) is 0.571. The SMILES string of the molecule is CC(C)C1(C)CCCc2ccccc21. The van der Waals surface area contributed by atoms with Gasteiger partial charge in [0.25, 0.3) is 0 Å². The molecule has 0 amide bonds. The molecule has 0 heteroatoms. The van der Waals surface area contributed by atoms with Crippen molar-refractivity contribution in [1.29, 1.82) is 0 Å². The number of hydrogen-bond donors (Lipinski definition) is 0. The van der Waals surface area contributed by atoms with Crippen molar-refractivity contribution in [2.45, 2.75) is 45.4 Å². The summed E-state index contributed by atoms with van der Waals surface area (Å²) in [5.74, 6) is 0.740. The van der Waals surface area contributed by atoms with E-state index >= 15 is 0 Å². The van der Waals surface area contributed by atoms with Gasteiger partial charge in [-0.25, -0.2) is 0 Å². The van der Waals surface area contributed by atoms with Crippen LogP contribution < -0.4 is 0 Å². The lowest BCUT2D eigenvalue weighted by Crippen LogP contribution is -2.32. The van der Waals surface area contributed by atoms with Crippen LogP contribution in [0.4, 0.5) is 0 Å². The molecule has 0 heterocycles. The van der Waals surface area contributed by atoms with Crippen LogP contribution in [0.5, 0.6) is 0 Å². The van der Waals surface area contributed by atoms with Crippen molar-refractivity contribution in [2.24, 2.45) is 5.92 Å². The van der Waals surface area contributed by atoms with Gasteiger partial charge >= 0.3 is 0 Å². The van der Waals surface area contributed by atoms with Crippen molar-refractivity contribution in [3.63, 3.8) is 0 Å². The highest BCUT2D eigenvalue weighted by Crippen LogP contribution is 2.42. The quantitative estimate of drug-likeness (QED) is 0.626. The highest BCUT2D eigenvalue weighted by Gasteiger charge is 2.34. The van der Waals surface area contributed by atoms with E-state index in [9.17, 15) is 0 Å². The predicted molar refractivity (Wildman–Crippen MR) is 61.6 cm³/mol. The van der Waals surface area contributed by atoms with E-state index in [-0.39, 0.29) is 0 Å². The van der Waals surface area contributed by atoms with E-state index in [2.05, 4.69) is 45.0 Å². The van der Waals surface area contributed by atoms with Crippen LogP contribution in [0.3, 0.4) is 0 Å². The zero-order valence-corrected chi connectivity index (χ0v) is 9.51. The lowest BCUT2D eigenvalue weighted by Gasteiger charge is -2.39. The second-order valence-electron chi connectivity index (χ2n) is 5.08. The molecule has 0 radical (unpaired) electrons. The molecule has 14 heavy (non-hydrogen) atoms. The van der Waals surface area contributed by atoms with Gasteiger partial charge in [0.1, 0.15) is 0 Å². The van der Waals surface area contributed by atoms with Gasteiger partial charge in [0.15, 0.2) is 0 Å². The van der Waals surface area contributed by atoms with Crippen molar-refractivity contribution in [1.82, 2.24) is 0 Å². The Kier molecular flexibility index (Phi) is 2.38. The summed E-state index contributed by atoms with van der Waals surface area (Å²) in [4.78, 5) is 0. The first-order valence-electron chi connectivity index (χ1n) is 5.73. The minimum Gasteiger partial charge on any atom is -0.0620 e. The van der Waals surface area contributed by atoms with Gasteiger partial charge in [-0.05, 0) is 41.7 Å². The van der Waals surface area contributed by atoms with Gasteiger partial charge in [0.05, 0.1) is 0 Å². The molecule has 76 valence electrons. The molecule has 0 bridgehead atoms. The minimum atomic E-state index is 0.412. The zero-order chi connectivity index (χ0) is 10.2. The maximum absolute atomic E-state index is 2.43. The molecule has 0 N–H and O–H groups in total. The van der Waals surface area contributed by atoms with Gasteiger partial charge in [-0.3, -0.25) is 0 Å². The van der Waals surface area contributed by atoms with Gasteiger partial charge in [0, 0.05) is 0 Å². The topological polar surface area (TPSA) is 0 Å². The summed E-state index contributed by atoms with van der Waals surface area (Å²) >= 11 is 0. The first-order chi connectivity index (χ1) is 6.64. The fourth-order valence-electron chi connectivity index (χ4n) is 2.68. The number of rotatable bonds is 1. The standard InChI is InChI=1S/C14H20/c1-11(2)14(3)10-6-8-12-7-4-5-9-13(12)14/h4-5,7,9,11H,6,8,10H2,1-3H3. The Morgan fingerprint density at radius 2 is 1.93 bits per heavy atom. The molecular formula is C14H20. The molecule has 1 atom stereocenters. The molecule has 1 aliphatic rings. The molecule has 1 unspecified atom stereocenters. The molecule has 0 spiro atoms. The van der Waals surface area contributed by atoms with Crippen LogP contribution in [-0.2, 0) is 11.8 Å². The average molecular weight is 188 g/mol. The molecule has 1 aromatic rings. The Hall–Kier alpha value is -0.780. The van der Waals surface area contributed by atoms with Gasteiger partial charge in [-0.2, -0.15) is 0 Å². The molecule has 0 saturated heterocycles. The van der Waals surface area contributed by atoms with Crippen molar-refractivity contribution in [3.05, 3.63) is 35.4 Å². The average Bonchev–Trinajstić information content (AvgIpc) is 2.18. The van der Waals surface area contributed by atoms with Crippen molar-refractivity contribution in [3.8, 4) is 0 Å². The molecule has 1 aliphatic carbocycles. The summed E-state index contributed by atoms with van der Waals surface area (Å²) in [6.45, 7) is 7.12. The number of aryl methyl sites for hydroxylation is 1. The van der Waals surface area contributed by atoms with Crippen LogP contribution in [0.15, 0.2) is 24.3 Å². The van der Waals surface area contributed by atoms with E-state index in [1.807, 2.05) is 0 Å². The Balaban J connectivity index is 2.50. The molecule has 0 saturated carbocycles. The van der Waals surface area contributed by atoms with Crippen LogP contribution in [0.2, 0.25) is 0 Å². The Morgan fingerprint density at radius 1 is 1.21 bits per heavy atom. The first kappa shape index (κ1) is 9.76. The number of hydrogen-bond acceptors (Lipinski definition) is 0. The molecule has 0 fully saturated rings. The Bertz CT molecular complexity index is 325. The van der Waals surface area contributed by atoms with E-state index in [1.54, 1.807) is 11.1 Å². The van der Waals surface area contributed by atoms with E-state index in [0.29, 0.717) is 5.41 Å². The highest BCUT2D eigenvalue weighted by atomic mass is 14.4. The van der Waals surface area contributed by atoms with E-state index in [1.165, 1.54) is 19.3 Å². The van der Waals surface area contributed by atoms with E-state index in [4.69, 9.17) is 0 Å². The van der Waals surface area contributed by atoms with E-state index < -0.39 is 0 Å². The lowest BCUT2D eigenvalue weighted by atomic mass is 9.65. The molecule has 2 rings (SSSR count). The smallest absolute Gasteiger partial charge is 0.00494 e. The summed E-state index contributed by atoms with van der Waals surface area (Å²) < 4.78 is 0. The van der Waals surface area contributed by atoms with Crippen LogP contribution in [0.25, 0.3) is 0 Å². The van der Waals surface area contributed by atoms with Crippen molar-refractivity contribution >= 4 is 0 Å². The third-order valence-electron chi connectivity index (χ3n) is 4.05. The number of fused-ring (bicyclic) bond motifs is 1. The second-order valence-corrected chi connectivity index (χ2v) is 5.08. The summed E-state index contributed by atoms with van der Waals surface area (Å²) in [6, 6.07) is 8.99. The second kappa shape index (κ2) is 3.42. The third-order valence-corrected chi connectivity index (χ3v) is 4.05. The summed E-state index contributed by atoms with van der Waals surface area (Å²) in [5, 5.41) is 0. The fourth-order valence-corrected chi connectivity index (χ4v) is 2.68. The predicted octanol–water partition coefficient (Wildman–Crippen LogP) is 3.94. The number of benzene rings is 1. The highest BCUT2D eigenvalue weighted by molar-refractivity contribution is 5.36. The lowest BCUT2D eigenvalue weighted by molar-refractivity contribution is 0.290. The maximum Gasteiger partial charge on any atom is -0.00494 e. The Morgan fingerprint density at radius 3 is 2.64 bits per heavy atom. The zero-order valence-electron chi connectivity index (χ0n) is 9.51. The summed E-state index contributed by atoms with van der Waals surface area (Å²) in [6.07, 6.45) is 3.98.